The molecule has 21 heavy (non-hydrogen) atoms. The van der Waals surface area contributed by atoms with Crippen molar-refractivity contribution in [2.24, 2.45) is 0 Å². The van der Waals surface area contributed by atoms with E-state index in [-0.39, 0.29) is 24.9 Å². The van der Waals surface area contributed by atoms with Crippen molar-refractivity contribution in [1.82, 2.24) is 4.31 Å². The molecule has 0 spiro atoms. The quantitative estimate of drug-likeness (QED) is 0.810. The third kappa shape index (κ3) is 3.53. The van der Waals surface area contributed by atoms with Gasteiger partial charge in [0.1, 0.15) is 10.7 Å². The number of benzene rings is 1. The van der Waals surface area contributed by atoms with Crippen molar-refractivity contribution in [1.29, 1.82) is 0 Å². The number of hydrogen-bond donors (Lipinski definition) is 2. The van der Waals surface area contributed by atoms with Crippen LogP contribution < -0.4 is 5.73 Å². The minimum absolute atomic E-state index is 0.0265. The summed E-state index contributed by atoms with van der Waals surface area (Å²) in [6, 6.07) is 3.33. The first-order valence-corrected chi connectivity index (χ1v) is 8.58. The molecule has 1 aromatic rings. The number of nitrogens with zero attached hydrogens (tertiary/aromatic N) is 1. The lowest BCUT2D eigenvalue weighted by Crippen LogP contribution is -2.43. The summed E-state index contributed by atoms with van der Waals surface area (Å²) in [5, 5.41) is 9.18. The zero-order valence-corrected chi connectivity index (χ0v) is 12.7. The highest BCUT2D eigenvalue weighted by Gasteiger charge is 2.33. The molecule has 0 atom stereocenters. The number of nitrogens with two attached hydrogens (primary N) is 1. The van der Waals surface area contributed by atoms with E-state index in [1.54, 1.807) is 0 Å². The molecule has 0 saturated heterocycles. The van der Waals surface area contributed by atoms with Crippen molar-refractivity contribution in [2.75, 3.05) is 18.9 Å². The third-order valence-corrected chi connectivity index (χ3v) is 5.81. The summed E-state index contributed by atoms with van der Waals surface area (Å²) in [6.07, 6.45) is 4.45. The second-order valence-corrected chi connectivity index (χ2v) is 7.18. The van der Waals surface area contributed by atoms with Crippen LogP contribution in [0.2, 0.25) is 0 Å². The Balaban J connectivity index is 2.39. The number of sulfonamides is 1. The molecule has 0 heterocycles. The minimum atomic E-state index is -4.00. The number of anilines is 1. The Labute approximate surface area is 124 Å². The van der Waals surface area contributed by atoms with Gasteiger partial charge < -0.3 is 10.8 Å². The lowest BCUT2D eigenvalue weighted by atomic mass is 9.95. The van der Waals surface area contributed by atoms with E-state index in [1.165, 1.54) is 10.4 Å². The Morgan fingerprint density at radius 2 is 1.95 bits per heavy atom. The predicted octanol–water partition coefficient (Wildman–Crippen LogP) is 1.72. The Morgan fingerprint density at radius 1 is 1.29 bits per heavy atom. The van der Waals surface area contributed by atoms with Gasteiger partial charge in [-0.2, -0.15) is 4.31 Å². The van der Waals surface area contributed by atoms with Crippen LogP contribution >= 0.6 is 0 Å². The SMILES string of the molecule is Nc1ccc(F)c(S(=O)(=O)N(CCO)C2CCCCC2)c1. The van der Waals surface area contributed by atoms with Crippen molar-refractivity contribution in [3.05, 3.63) is 24.0 Å². The van der Waals surface area contributed by atoms with Crippen LogP contribution in [0.1, 0.15) is 32.1 Å². The molecule has 2 rings (SSSR count). The molecule has 0 radical (unpaired) electrons. The number of aliphatic hydroxyl groups is 1. The van der Waals surface area contributed by atoms with Crippen molar-refractivity contribution < 1.29 is 17.9 Å². The largest absolute Gasteiger partial charge is 0.399 e. The molecular weight excluding hydrogens is 295 g/mol. The lowest BCUT2D eigenvalue weighted by Gasteiger charge is -2.33. The van der Waals surface area contributed by atoms with E-state index in [1.807, 2.05) is 0 Å². The number of hydrogen-bond acceptors (Lipinski definition) is 4. The maximum Gasteiger partial charge on any atom is 0.246 e. The van der Waals surface area contributed by atoms with E-state index >= 15 is 0 Å². The summed E-state index contributed by atoms with van der Waals surface area (Å²) in [7, 11) is -4.00. The van der Waals surface area contributed by atoms with Gasteiger partial charge in [-0.1, -0.05) is 19.3 Å². The van der Waals surface area contributed by atoms with Gasteiger partial charge in [0.2, 0.25) is 10.0 Å². The van der Waals surface area contributed by atoms with Crippen LogP contribution in [0, 0.1) is 5.82 Å². The van der Waals surface area contributed by atoms with Gasteiger partial charge in [-0.05, 0) is 31.0 Å². The summed E-state index contributed by atoms with van der Waals surface area (Å²) in [6.45, 7) is -0.319. The highest BCUT2D eigenvalue weighted by atomic mass is 32.2. The lowest BCUT2D eigenvalue weighted by molar-refractivity contribution is 0.199. The molecule has 1 saturated carbocycles. The van der Waals surface area contributed by atoms with E-state index in [2.05, 4.69) is 0 Å². The van der Waals surface area contributed by atoms with Gasteiger partial charge >= 0.3 is 0 Å². The maximum absolute atomic E-state index is 13.9. The monoisotopic (exact) mass is 316 g/mol. The van der Waals surface area contributed by atoms with Crippen molar-refractivity contribution in [2.45, 2.75) is 43.0 Å². The van der Waals surface area contributed by atoms with E-state index < -0.39 is 20.7 Å². The molecule has 7 heteroatoms. The molecule has 1 fully saturated rings. The molecule has 3 N–H and O–H groups in total. The fourth-order valence-corrected chi connectivity index (χ4v) is 4.59. The molecular formula is C14H21FN2O3S. The van der Waals surface area contributed by atoms with Crippen molar-refractivity contribution in [3.63, 3.8) is 0 Å². The van der Waals surface area contributed by atoms with Crippen molar-refractivity contribution >= 4 is 15.7 Å². The number of halogens is 1. The zero-order valence-electron chi connectivity index (χ0n) is 11.8. The molecule has 118 valence electrons. The smallest absolute Gasteiger partial charge is 0.246 e. The summed E-state index contributed by atoms with van der Waals surface area (Å²) in [4.78, 5) is -0.415. The Hall–Kier alpha value is -1.18. The molecule has 0 aromatic heterocycles. The van der Waals surface area contributed by atoms with Crippen molar-refractivity contribution in [3.8, 4) is 0 Å². The molecule has 0 unspecified atom stereocenters. The molecule has 0 aliphatic heterocycles. The molecule has 1 aliphatic carbocycles. The normalized spacial score (nSPS) is 17.3. The summed E-state index contributed by atoms with van der Waals surface area (Å²) in [5.41, 5.74) is 5.77. The number of rotatable bonds is 5. The van der Waals surface area contributed by atoms with Crippen LogP contribution in [0.3, 0.4) is 0 Å². The van der Waals surface area contributed by atoms with Crippen LogP contribution in [-0.2, 0) is 10.0 Å². The Morgan fingerprint density at radius 3 is 2.57 bits per heavy atom. The summed E-state index contributed by atoms with van der Waals surface area (Å²) >= 11 is 0. The summed E-state index contributed by atoms with van der Waals surface area (Å²) < 4.78 is 40.6. The first-order valence-electron chi connectivity index (χ1n) is 7.14. The molecule has 0 amide bonds. The maximum atomic E-state index is 13.9. The van der Waals surface area contributed by atoms with Gasteiger partial charge in [0.25, 0.3) is 0 Å². The highest BCUT2D eigenvalue weighted by Crippen LogP contribution is 2.29. The average molecular weight is 316 g/mol. The van der Waals surface area contributed by atoms with Gasteiger partial charge in [0, 0.05) is 18.3 Å². The first kappa shape index (κ1) is 16.2. The van der Waals surface area contributed by atoms with E-state index in [4.69, 9.17) is 5.73 Å². The van der Waals surface area contributed by atoms with Crippen LogP contribution in [-0.4, -0.2) is 37.0 Å². The third-order valence-electron chi connectivity index (χ3n) is 3.84. The standard InChI is InChI=1S/C14H21FN2O3S/c15-13-7-6-11(16)10-14(13)21(19,20)17(8-9-18)12-4-2-1-3-5-12/h6-7,10,12,18H,1-5,8-9,16H2. The molecule has 1 aromatic carbocycles. The average Bonchev–Trinajstić information content (AvgIpc) is 2.48. The van der Waals surface area contributed by atoms with E-state index in [0.717, 1.165) is 44.2 Å². The molecule has 5 nitrogen and oxygen atoms in total. The topological polar surface area (TPSA) is 83.6 Å². The molecule has 1 aliphatic rings. The van der Waals surface area contributed by atoms with Crippen LogP contribution in [0.25, 0.3) is 0 Å². The minimum Gasteiger partial charge on any atom is -0.399 e. The Kier molecular flexibility index (Phi) is 5.18. The second-order valence-electron chi connectivity index (χ2n) is 5.32. The Bertz CT molecular complexity index is 586. The van der Waals surface area contributed by atoms with Gasteiger partial charge in [-0.15, -0.1) is 0 Å². The first-order chi connectivity index (χ1) is 9.96. The van der Waals surface area contributed by atoms with Gasteiger partial charge in [-0.25, -0.2) is 12.8 Å². The van der Waals surface area contributed by atoms with Crippen LogP contribution in [0.5, 0.6) is 0 Å². The number of nitrogen functional groups attached to an aromatic ring is 1. The second kappa shape index (κ2) is 6.72. The fourth-order valence-electron chi connectivity index (χ4n) is 2.81. The van der Waals surface area contributed by atoms with E-state index in [0.29, 0.717) is 0 Å². The molecule has 0 bridgehead atoms. The highest BCUT2D eigenvalue weighted by molar-refractivity contribution is 7.89. The van der Waals surface area contributed by atoms with E-state index in [9.17, 15) is 17.9 Å². The fraction of sp³-hybridized carbons (Fsp3) is 0.571. The number of aliphatic hydroxyl groups excluding tert-OH is 1. The van der Waals surface area contributed by atoms with Gasteiger partial charge in [0.05, 0.1) is 6.61 Å². The van der Waals surface area contributed by atoms with Gasteiger partial charge in [-0.3, -0.25) is 0 Å². The van der Waals surface area contributed by atoms with Crippen LogP contribution in [0.15, 0.2) is 23.1 Å². The predicted molar refractivity (Wildman–Crippen MR) is 78.7 cm³/mol. The zero-order chi connectivity index (χ0) is 15.5. The summed E-state index contributed by atoms with van der Waals surface area (Å²) in [5.74, 6) is -0.817. The van der Waals surface area contributed by atoms with Gasteiger partial charge in [0.15, 0.2) is 0 Å². The van der Waals surface area contributed by atoms with Crippen LogP contribution in [0.4, 0.5) is 10.1 Å².